The van der Waals surface area contributed by atoms with Crippen molar-refractivity contribution in [3.05, 3.63) is 41.6 Å². The topological polar surface area (TPSA) is 60.1 Å². The Morgan fingerprint density at radius 2 is 2.26 bits per heavy atom. The van der Waals surface area contributed by atoms with Gasteiger partial charge in [-0.15, -0.1) is 10.4 Å². The van der Waals surface area contributed by atoms with Gasteiger partial charge in [-0.25, -0.2) is 8.48 Å². The second-order valence-electron chi connectivity index (χ2n) is 3.58. The molecule has 0 amide bonds. The molecule has 7 heteroatoms. The summed E-state index contributed by atoms with van der Waals surface area (Å²) in [4.78, 5) is 0. The van der Waals surface area contributed by atoms with Crippen LogP contribution in [0.2, 0.25) is 0 Å². The normalized spacial score (nSPS) is 9.95. The Morgan fingerprint density at radius 3 is 2.89 bits per heavy atom. The number of nitriles is 1. The van der Waals surface area contributed by atoms with Crippen LogP contribution in [0, 0.1) is 11.5 Å². The minimum atomic E-state index is -0.664. The first-order valence-electron chi connectivity index (χ1n) is 5.35. The van der Waals surface area contributed by atoms with E-state index in [1.165, 1.54) is 4.09 Å². The summed E-state index contributed by atoms with van der Waals surface area (Å²) in [5, 5.41) is 12.5. The molecule has 0 unspecified atom stereocenters. The lowest BCUT2D eigenvalue weighted by molar-refractivity contribution is 0.285. The number of rotatable bonds is 5. The van der Waals surface area contributed by atoms with Gasteiger partial charge in [-0.1, -0.05) is 12.1 Å². The zero-order valence-electron chi connectivity index (χ0n) is 9.78. The molecular formula is C12H10FN3O2S. The average Bonchev–Trinajstić information content (AvgIpc) is 2.83. The lowest BCUT2D eigenvalue weighted by atomic mass is 10.1. The highest BCUT2D eigenvalue weighted by atomic mass is 32.1. The predicted octanol–water partition coefficient (Wildman–Crippen LogP) is 2.48. The minimum absolute atomic E-state index is 0.0574. The number of aromatic nitrogens is 2. The third-order valence-corrected chi connectivity index (χ3v) is 2.67. The molecule has 2 aromatic rings. The largest absolute Gasteiger partial charge is 0.472 e. The van der Waals surface area contributed by atoms with E-state index in [0.29, 0.717) is 17.0 Å². The number of hydrogen-bond acceptors (Lipinski definition) is 5. The minimum Gasteiger partial charge on any atom is -0.472 e. The average molecular weight is 279 g/mol. The number of hydrogen-bond donors (Lipinski definition) is 1. The molecule has 19 heavy (non-hydrogen) atoms. The Labute approximate surface area is 114 Å². The van der Waals surface area contributed by atoms with Crippen LogP contribution in [0.1, 0.15) is 11.1 Å². The number of alkyl halides is 1. The molecule has 1 aromatic heterocycles. The van der Waals surface area contributed by atoms with E-state index in [0.717, 1.165) is 0 Å². The Kier molecular flexibility index (Phi) is 4.26. The van der Waals surface area contributed by atoms with Crippen molar-refractivity contribution in [2.24, 2.45) is 0 Å². The van der Waals surface area contributed by atoms with Gasteiger partial charge >= 0.3 is 0 Å². The summed E-state index contributed by atoms with van der Waals surface area (Å²) < 4.78 is 24.4. The van der Waals surface area contributed by atoms with Crippen LogP contribution in [0.5, 0.6) is 11.6 Å². The van der Waals surface area contributed by atoms with Crippen LogP contribution in [-0.4, -0.2) is 9.19 Å². The van der Waals surface area contributed by atoms with Crippen molar-refractivity contribution >= 4 is 12.8 Å². The van der Waals surface area contributed by atoms with Crippen molar-refractivity contribution in [2.45, 2.75) is 13.3 Å². The van der Waals surface area contributed by atoms with Crippen LogP contribution in [-0.2, 0) is 13.3 Å². The van der Waals surface area contributed by atoms with Crippen molar-refractivity contribution in [3.8, 4) is 17.9 Å². The molecule has 5 nitrogen and oxygen atoms in total. The maximum absolute atomic E-state index is 12.9. The quantitative estimate of drug-likeness (QED) is 0.674. The van der Waals surface area contributed by atoms with Crippen molar-refractivity contribution in [1.82, 2.24) is 9.19 Å². The van der Waals surface area contributed by atoms with Gasteiger partial charge in [0.15, 0.2) is 0 Å². The molecule has 0 aliphatic rings. The van der Waals surface area contributed by atoms with Crippen LogP contribution in [0.4, 0.5) is 4.39 Å². The van der Waals surface area contributed by atoms with E-state index >= 15 is 0 Å². The molecule has 0 aliphatic carbocycles. The lowest BCUT2D eigenvalue weighted by Gasteiger charge is -2.10. The van der Waals surface area contributed by atoms with Crippen molar-refractivity contribution < 1.29 is 13.9 Å². The Hall–Kier alpha value is -2.20. The highest BCUT2D eigenvalue weighted by Crippen LogP contribution is 2.25. The molecular weight excluding hydrogens is 269 g/mol. The van der Waals surface area contributed by atoms with E-state index in [2.05, 4.69) is 17.9 Å². The van der Waals surface area contributed by atoms with Crippen LogP contribution in [0.25, 0.3) is 0 Å². The Balaban J connectivity index is 2.20. The van der Waals surface area contributed by atoms with E-state index in [9.17, 15) is 4.39 Å². The monoisotopic (exact) mass is 279 g/mol. The van der Waals surface area contributed by atoms with Gasteiger partial charge in [0.2, 0.25) is 5.88 Å². The number of thiol groups is 1. The highest BCUT2D eigenvalue weighted by Gasteiger charge is 2.11. The number of halogens is 1. The fourth-order valence-electron chi connectivity index (χ4n) is 1.57. The summed E-state index contributed by atoms with van der Waals surface area (Å²) in [7, 11) is 0. The molecule has 0 fully saturated rings. The summed E-state index contributed by atoms with van der Waals surface area (Å²) in [6.07, 6.45) is 3.17. The molecule has 0 atom stereocenters. The first-order valence-corrected chi connectivity index (χ1v) is 5.75. The van der Waals surface area contributed by atoms with Crippen LogP contribution >= 0.6 is 12.8 Å². The molecule has 1 heterocycles. The summed E-state index contributed by atoms with van der Waals surface area (Å²) in [6, 6.07) is 6.43. The van der Waals surface area contributed by atoms with Crippen molar-refractivity contribution in [2.75, 3.05) is 0 Å². The van der Waals surface area contributed by atoms with Crippen LogP contribution in [0.3, 0.4) is 0 Å². The first kappa shape index (κ1) is 13.2. The Morgan fingerprint density at radius 1 is 1.42 bits per heavy atom. The van der Waals surface area contributed by atoms with Gasteiger partial charge in [-0.2, -0.15) is 0 Å². The van der Waals surface area contributed by atoms with Gasteiger partial charge in [-0.3, -0.25) is 0 Å². The fourth-order valence-corrected chi connectivity index (χ4v) is 1.72. The standard InChI is InChI=1S/C12H10FN3O2S/c13-6-9-2-1-3-11(18-8-14)10(9)7-17-12-4-5-16(19)15-12/h1-5,19H,6-7H2. The smallest absolute Gasteiger partial charge is 0.292 e. The van der Waals surface area contributed by atoms with Crippen LogP contribution in [0.15, 0.2) is 30.5 Å². The first-order chi connectivity index (χ1) is 9.24. The SMILES string of the molecule is N#COc1cccc(CF)c1COc1ccn(S)n1. The molecule has 0 N–H and O–H groups in total. The maximum Gasteiger partial charge on any atom is 0.292 e. The van der Waals surface area contributed by atoms with Crippen LogP contribution < -0.4 is 9.47 Å². The molecule has 0 bridgehead atoms. The highest BCUT2D eigenvalue weighted by molar-refractivity contribution is 7.78. The summed E-state index contributed by atoms with van der Waals surface area (Å²) in [5.74, 6) is 0.634. The van der Waals surface area contributed by atoms with Crippen molar-refractivity contribution in [1.29, 1.82) is 5.26 Å². The van der Waals surface area contributed by atoms with E-state index in [1.807, 2.05) is 0 Å². The zero-order valence-corrected chi connectivity index (χ0v) is 10.7. The molecule has 0 aliphatic heterocycles. The molecule has 2 rings (SSSR count). The predicted molar refractivity (Wildman–Crippen MR) is 68.4 cm³/mol. The second-order valence-corrected chi connectivity index (χ2v) is 3.99. The number of ether oxygens (including phenoxy) is 2. The van der Waals surface area contributed by atoms with Gasteiger partial charge in [-0.05, 0) is 24.4 Å². The summed E-state index contributed by atoms with van der Waals surface area (Å²) >= 11 is 3.98. The molecule has 0 saturated carbocycles. The van der Waals surface area contributed by atoms with Gasteiger partial charge in [0.25, 0.3) is 6.26 Å². The molecule has 98 valence electrons. The van der Waals surface area contributed by atoms with Gasteiger partial charge in [0.05, 0.1) is 0 Å². The van der Waals surface area contributed by atoms with E-state index < -0.39 is 6.67 Å². The third-order valence-electron chi connectivity index (χ3n) is 2.45. The fraction of sp³-hybridized carbons (Fsp3) is 0.167. The third kappa shape index (κ3) is 3.17. The van der Waals surface area contributed by atoms with E-state index in [1.54, 1.807) is 36.7 Å². The molecule has 0 saturated heterocycles. The number of nitrogens with zero attached hydrogens (tertiary/aromatic N) is 3. The maximum atomic E-state index is 12.9. The van der Waals surface area contributed by atoms with Gasteiger partial charge < -0.3 is 9.47 Å². The van der Waals surface area contributed by atoms with Gasteiger partial charge in [0, 0.05) is 17.8 Å². The lowest BCUT2D eigenvalue weighted by Crippen LogP contribution is -2.02. The zero-order chi connectivity index (χ0) is 13.7. The summed E-state index contributed by atoms with van der Waals surface area (Å²) in [6.45, 7) is -0.607. The molecule has 0 spiro atoms. The second kappa shape index (κ2) is 6.11. The molecule has 1 aromatic carbocycles. The Bertz CT molecular complexity index is 609. The summed E-state index contributed by atoms with van der Waals surface area (Å²) in [5.41, 5.74) is 0.901. The van der Waals surface area contributed by atoms with E-state index in [-0.39, 0.29) is 12.4 Å². The van der Waals surface area contributed by atoms with Gasteiger partial charge in [0.1, 0.15) is 19.0 Å². The molecule has 0 radical (unpaired) electrons. The number of benzene rings is 1. The van der Waals surface area contributed by atoms with Crippen molar-refractivity contribution in [3.63, 3.8) is 0 Å². The van der Waals surface area contributed by atoms with E-state index in [4.69, 9.17) is 14.7 Å².